The summed E-state index contributed by atoms with van der Waals surface area (Å²) in [7, 11) is 4.12. The number of nitrogens with one attached hydrogen (secondary N) is 2. The maximum atomic E-state index is 4.68. The van der Waals surface area contributed by atoms with Gasteiger partial charge in [0.1, 0.15) is 0 Å². The molecule has 0 aliphatic rings. The molecule has 0 radical (unpaired) electrons. The molecule has 0 aliphatic carbocycles. The van der Waals surface area contributed by atoms with E-state index in [0.29, 0.717) is 6.54 Å². The third kappa shape index (κ3) is 7.11. The number of hydrogen-bond donors (Lipinski definition) is 2. The summed E-state index contributed by atoms with van der Waals surface area (Å²) in [5, 5.41) is 7.82. The number of thiazole rings is 1. The van der Waals surface area contributed by atoms with E-state index in [-0.39, 0.29) is 24.0 Å². The molecule has 0 aliphatic heterocycles. The summed E-state index contributed by atoms with van der Waals surface area (Å²) < 4.78 is 0. The van der Waals surface area contributed by atoms with Crippen LogP contribution in [0.3, 0.4) is 0 Å². The van der Waals surface area contributed by atoms with Crippen molar-refractivity contribution in [1.29, 1.82) is 0 Å². The molecule has 0 fully saturated rings. The SMILES string of the molecule is CCNC(=NCc1sc(C)nc1C)NCCc1ccc(N(C)C)cc1.I. The van der Waals surface area contributed by atoms with E-state index in [1.807, 2.05) is 13.8 Å². The normalized spacial score (nSPS) is 11.0. The Morgan fingerprint density at radius 3 is 2.38 bits per heavy atom. The van der Waals surface area contributed by atoms with Gasteiger partial charge in [0, 0.05) is 37.7 Å². The number of nitrogens with zero attached hydrogens (tertiary/aromatic N) is 3. The van der Waals surface area contributed by atoms with Crippen LogP contribution in [0.4, 0.5) is 5.69 Å². The highest BCUT2D eigenvalue weighted by Gasteiger charge is 2.05. The van der Waals surface area contributed by atoms with Crippen LogP contribution in [0.15, 0.2) is 29.3 Å². The molecule has 0 amide bonds. The lowest BCUT2D eigenvalue weighted by atomic mass is 10.1. The summed E-state index contributed by atoms with van der Waals surface area (Å²) in [5.74, 6) is 0.859. The average molecular weight is 487 g/mol. The zero-order valence-corrected chi connectivity index (χ0v) is 19.4. The first-order chi connectivity index (χ1) is 12.0. The fourth-order valence-electron chi connectivity index (χ4n) is 2.50. The Morgan fingerprint density at radius 1 is 1.15 bits per heavy atom. The molecule has 26 heavy (non-hydrogen) atoms. The van der Waals surface area contributed by atoms with E-state index in [4.69, 9.17) is 0 Å². The van der Waals surface area contributed by atoms with Crippen molar-refractivity contribution < 1.29 is 0 Å². The van der Waals surface area contributed by atoms with Gasteiger partial charge in [-0.25, -0.2) is 9.98 Å². The van der Waals surface area contributed by atoms with E-state index in [1.54, 1.807) is 11.3 Å². The number of rotatable bonds is 7. The van der Waals surface area contributed by atoms with E-state index >= 15 is 0 Å². The minimum atomic E-state index is 0. The second-order valence-corrected chi connectivity index (χ2v) is 7.46. The zero-order valence-electron chi connectivity index (χ0n) is 16.3. The van der Waals surface area contributed by atoms with Crippen molar-refractivity contribution in [1.82, 2.24) is 15.6 Å². The first kappa shape index (κ1) is 22.7. The van der Waals surface area contributed by atoms with E-state index in [9.17, 15) is 0 Å². The molecule has 5 nitrogen and oxygen atoms in total. The van der Waals surface area contributed by atoms with E-state index in [1.165, 1.54) is 16.1 Å². The third-order valence-corrected chi connectivity index (χ3v) is 4.94. The molecule has 0 bridgehead atoms. The molecule has 0 saturated heterocycles. The van der Waals surface area contributed by atoms with Gasteiger partial charge in [0.2, 0.25) is 0 Å². The van der Waals surface area contributed by atoms with Crippen molar-refractivity contribution in [2.45, 2.75) is 33.7 Å². The van der Waals surface area contributed by atoms with Gasteiger partial charge in [-0.15, -0.1) is 35.3 Å². The molecule has 0 unspecified atom stereocenters. The van der Waals surface area contributed by atoms with Crippen molar-refractivity contribution in [3.8, 4) is 0 Å². The van der Waals surface area contributed by atoms with Gasteiger partial charge in [0.15, 0.2) is 5.96 Å². The lowest BCUT2D eigenvalue weighted by Crippen LogP contribution is -2.38. The predicted octanol–water partition coefficient (Wildman–Crippen LogP) is 3.74. The fraction of sp³-hybridized carbons (Fsp3) is 0.474. The summed E-state index contributed by atoms with van der Waals surface area (Å²) in [6.07, 6.45) is 0.969. The molecule has 0 saturated carbocycles. The number of guanidine groups is 1. The summed E-state index contributed by atoms with van der Waals surface area (Å²) >= 11 is 1.72. The van der Waals surface area contributed by atoms with Gasteiger partial charge in [-0.05, 0) is 44.9 Å². The van der Waals surface area contributed by atoms with E-state index < -0.39 is 0 Å². The van der Waals surface area contributed by atoms with Crippen molar-refractivity contribution in [2.75, 3.05) is 32.1 Å². The first-order valence-corrected chi connectivity index (χ1v) is 9.52. The highest BCUT2D eigenvalue weighted by atomic mass is 127. The van der Waals surface area contributed by atoms with Crippen molar-refractivity contribution >= 4 is 47.0 Å². The predicted molar refractivity (Wildman–Crippen MR) is 124 cm³/mol. The minimum absolute atomic E-state index is 0. The second kappa shape index (κ2) is 11.4. The van der Waals surface area contributed by atoms with Crippen LogP contribution in [0.25, 0.3) is 0 Å². The topological polar surface area (TPSA) is 52.6 Å². The lowest BCUT2D eigenvalue weighted by molar-refractivity contribution is 0.800. The van der Waals surface area contributed by atoms with Crippen LogP contribution < -0.4 is 15.5 Å². The van der Waals surface area contributed by atoms with Gasteiger partial charge in [0.25, 0.3) is 0 Å². The molecule has 0 spiro atoms. The Hall–Kier alpha value is -1.35. The molecule has 1 heterocycles. The second-order valence-electron chi connectivity index (χ2n) is 6.17. The summed E-state index contributed by atoms with van der Waals surface area (Å²) in [4.78, 5) is 12.5. The number of aliphatic imine (C=N–C) groups is 1. The van der Waals surface area contributed by atoms with Crippen molar-refractivity contribution in [3.63, 3.8) is 0 Å². The van der Waals surface area contributed by atoms with Gasteiger partial charge < -0.3 is 15.5 Å². The van der Waals surface area contributed by atoms with Crippen LogP contribution in [-0.2, 0) is 13.0 Å². The zero-order chi connectivity index (χ0) is 18.2. The number of aromatic nitrogens is 1. The molecule has 1 aromatic carbocycles. The van der Waals surface area contributed by atoms with Gasteiger partial charge in [-0.3, -0.25) is 0 Å². The molecular formula is C19H30IN5S. The average Bonchev–Trinajstić information content (AvgIpc) is 2.90. The maximum Gasteiger partial charge on any atom is 0.191 e. The van der Waals surface area contributed by atoms with Crippen LogP contribution in [-0.4, -0.2) is 38.1 Å². The van der Waals surface area contributed by atoms with Crippen molar-refractivity contribution in [3.05, 3.63) is 45.4 Å². The quantitative estimate of drug-likeness (QED) is 0.355. The highest BCUT2D eigenvalue weighted by molar-refractivity contribution is 14.0. The molecule has 2 aromatic rings. The number of aryl methyl sites for hydroxylation is 2. The van der Waals surface area contributed by atoms with Crippen LogP contribution in [0.1, 0.15) is 28.1 Å². The van der Waals surface area contributed by atoms with Gasteiger partial charge in [0.05, 0.1) is 17.2 Å². The summed E-state index contributed by atoms with van der Waals surface area (Å²) in [6, 6.07) is 8.68. The van der Waals surface area contributed by atoms with E-state index in [0.717, 1.165) is 36.2 Å². The highest BCUT2D eigenvalue weighted by Crippen LogP contribution is 2.17. The fourth-order valence-corrected chi connectivity index (χ4v) is 3.36. The Balaban J connectivity index is 0.00000338. The summed E-state index contributed by atoms with van der Waals surface area (Å²) in [5.41, 5.74) is 3.63. The maximum absolute atomic E-state index is 4.68. The van der Waals surface area contributed by atoms with Crippen LogP contribution in [0.2, 0.25) is 0 Å². The van der Waals surface area contributed by atoms with Gasteiger partial charge in [-0.1, -0.05) is 12.1 Å². The number of halogens is 1. The van der Waals surface area contributed by atoms with Gasteiger partial charge >= 0.3 is 0 Å². The molecule has 144 valence electrons. The lowest BCUT2D eigenvalue weighted by Gasteiger charge is -2.13. The van der Waals surface area contributed by atoms with E-state index in [2.05, 4.69) is 70.8 Å². The Labute approximate surface area is 178 Å². The van der Waals surface area contributed by atoms with Crippen LogP contribution in [0, 0.1) is 13.8 Å². The Bertz CT molecular complexity index is 694. The monoisotopic (exact) mass is 487 g/mol. The molecule has 7 heteroatoms. The Morgan fingerprint density at radius 2 is 1.85 bits per heavy atom. The minimum Gasteiger partial charge on any atom is -0.378 e. The molecule has 2 N–H and O–H groups in total. The molecule has 1 aromatic heterocycles. The molecule has 0 atom stereocenters. The van der Waals surface area contributed by atoms with Crippen LogP contribution in [0.5, 0.6) is 0 Å². The number of benzene rings is 1. The Kier molecular flexibility index (Phi) is 9.93. The molecule has 2 rings (SSSR count). The molecular weight excluding hydrogens is 457 g/mol. The standard InChI is InChI=1S/C19H29N5S.HI/c1-6-20-19(22-13-18-14(2)23-15(3)25-18)21-12-11-16-7-9-17(10-8-16)24(4)5;/h7-10H,6,11-13H2,1-5H3,(H2,20,21,22);1H. The van der Waals surface area contributed by atoms with Crippen molar-refractivity contribution in [2.24, 2.45) is 4.99 Å². The third-order valence-electron chi connectivity index (χ3n) is 3.88. The number of hydrogen-bond acceptors (Lipinski definition) is 4. The number of anilines is 1. The largest absolute Gasteiger partial charge is 0.378 e. The first-order valence-electron chi connectivity index (χ1n) is 8.71. The van der Waals surface area contributed by atoms with Crippen LogP contribution >= 0.6 is 35.3 Å². The smallest absolute Gasteiger partial charge is 0.191 e. The van der Waals surface area contributed by atoms with Gasteiger partial charge in [-0.2, -0.15) is 0 Å². The summed E-state index contributed by atoms with van der Waals surface area (Å²) in [6.45, 7) is 8.55.